The van der Waals surface area contributed by atoms with E-state index < -0.39 is 22.4 Å². The van der Waals surface area contributed by atoms with E-state index in [1.807, 2.05) is 0 Å². The van der Waals surface area contributed by atoms with Crippen LogP contribution in [0.2, 0.25) is 5.02 Å². The van der Waals surface area contributed by atoms with Crippen LogP contribution >= 0.6 is 11.6 Å². The summed E-state index contributed by atoms with van der Waals surface area (Å²) >= 11 is 5.97. The summed E-state index contributed by atoms with van der Waals surface area (Å²) in [7, 11) is 2.72. The summed E-state index contributed by atoms with van der Waals surface area (Å²) < 4.78 is 48.5. The zero-order valence-electron chi connectivity index (χ0n) is 13.0. The molecule has 2 aromatic carbocycles. The van der Waals surface area contributed by atoms with Gasteiger partial charge in [0, 0.05) is 18.2 Å². The van der Waals surface area contributed by atoms with Gasteiger partial charge in [-0.2, -0.15) is 13.2 Å². The van der Waals surface area contributed by atoms with Crippen molar-refractivity contribution >= 4 is 28.7 Å². The topological polar surface area (TPSA) is 73.6 Å². The van der Waals surface area contributed by atoms with Crippen LogP contribution in [-0.4, -0.2) is 19.1 Å². The number of hydrogen-bond donors (Lipinski definition) is 1. The summed E-state index contributed by atoms with van der Waals surface area (Å²) in [6, 6.07) is 5.01. The molecule has 0 aromatic heterocycles. The second kappa shape index (κ2) is 7.06. The minimum Gasteiger partial charge on any atom is -0.495 e. The van der Waals surface area contributed by atoms with Crippen molar-refractivity contribution in [2.45, 2.75) is 6.18 Å². The number of alkyl halides is 3. The Hall–Kier alpha value is -2.68. The maximum absolute atomic E-state index is 12.8. The first kappa shape index (κ1) is 18.7. The number of nitrogens with zero attached hydrogens (tertiary/aromatic N) is 1. The van der Waals surface area contributed by atoms with E-state index in [0.29, 0.717) is 6.07 Å². The van der Waals surface area contributed by atoms with Gasteiger partial charge in [0.1, 0.15) is 17.2 Å². The van der Waals surface area contributed by atoms with Crippen molar-refractivity contribution in [2.24, 2.45) is 0 Å². The molecule has 2 aromatic rings. The minimum atomic E-state index is -4.69. The molecule has 0 spiro atoms. The maximum Gasteiger partial charge on any atom is 0.416 e. The van der Waals surface area contributed by atoms with E-state index in [9.17, 15) is 23.3 Å². The lowest BCUT2D eigenvalue weighted by Crippen LogP contribution is -2.07. The number of nitrogens with one attached hydrogen (secondary N) is 1. The predicted molar refractivity (Wildman–Crippen MR) is 85.9 cm³/mol. The van der Waals surface area contributed by atoms with Crippen molar-refractivity contribution in [3.05, 3.63) is 51.0 Å². The van der Waals surface area contributed by atoms with Gasteiger partial charge >= 0.3 is 6.18 Å². The van der Waals surface area contributed by atoms with Gasteiger partial charge in [-0.05, 0) is 12.1 Å². The van der Waals surface area contributed by atoms with Gasteiger partial charge in [-0.1, -0.05) is 11.6 Å². The first-order chi connectivity index (χ1) is 11.7. The van der Waals surface area contributed by atoms with Crippen LogP contribution in [0, 0.1) is 10.1 Å². The molecule has 0 aliphatic rings. The van der Waals surface area contributed by atoms with E-state index in [0.717, 1.165) is 12.1 Å². The molecule has 0 bridgehead atoms. The van der Waals surface area contributed by atoms with Crippen molar-refractivity contribution in [3.63, 3.8) is 0 Å². The Kier molecular flexibility index (Phi) is 5.27. The highest BCUT2D eigenvalue weighted by molar-refractivity contribution is 6.32. The predicted octanol–water partition coefficient (Wildman–Crippen LogP) is 5.03. The lowest BCUT2D eigenvalue weighted by atomic mass is 10.1. The van der Waals surface area contributed by atoms with Crippen LogP contribution in [0.25, 0.3) is 0 Å². The van der Waals surface area contributed by atoms with Gasteiger partial charge in [-0.25, -0.2) is 0 Å². The fourth-order valence-electron chi connectivity index (χ4n) is 2.07. The number of rotatable bonds is 5. The van der Waals surface area contributed by atoms with Crippen LogP contribution in [0.15, 0.2) is 30.3 Å². The molecule has 0 amide bonds. The quantitative estimate of drug-likeness (QED) is 0.585. The Bertz CT molecular complexity index is 812. The Balaban J connectivity index is 2.52. The number of ether oxygens (including phenoxy) is 2. The zero-order valence-corrected chi connectivity index (χ0v) is 13.7. The maximum atomic E-state index is 12.8. The van der Waals surface area contributed by atoms with Crippen molar-refractivity contribution in [3.8, 4) is 11.5 Å². The van der Waals surface area contributed by atoms with Crippen molar-refractivity contribution in [1.29, 1.82) is 0 Å². The number of halogens is 4. The summed E-state index contributed by atoms with van der Waals surface area (Å²) in [5.74, 6) is 0.500. The summed E-state index contributed by atoms with van der Waals surface area (Å²) in [5.41, 5.74) is -1.75. The van der Waals surface area contributed by atoms with Crippen LogP contribution in [-0.2, 0) is 6.18 Å². The molecule has 1 N–H and O–H groups in total. The molecule has 2 rings (SSSR count). The molecule has 0 heterocycles. The highest BCUT2D eigenvalue weighted by atomic mass is 35.5. The van der Waals surface area contributed by atoms with Gasteiger partial charge in [0.2, 0.25) is 0 Å². The van der Waals surface area contributed by atoms with Crippen LogP contribution in [0.5, 0.6) is 11.5 Å². The molecule has 0 saturated carbocycles. The van der Waals surface area contributed by atoms with Gasteiger partial charge < -0.3 is 14.8 Å². The van der Waals surface area contributed by atoms with Crippen LogP contribution < -0.4 is 14.8 Å². The van der Waals surface area contributed by atoms with E-state index in [1.54, 1.807) is 0 Å². The fourth-order valence-corrected chi connectivity index (χ4v) is 2.30. The summed E-state index contributed by atoms with van der Waals surface area (Å²) in [4.78, 5) is 10.2. The SMILES string of the molecule is COc1cc(Nc2ccc(C(F)(F)F)cc2[N+](=O)[O-])c(OC)cc1Cl. The Morgan fingerprint density at radius 3 is 2.24 bits per heavy atom. The van der Waals surface area contributed by atoms with Crippen molar-refractivity contribution in [2.75, 3.05) is 19.5 Å². The molecule has 25 heavy (non-hydrogen) atoms. The molecule has 6 nitrogen and oxygen atoms in total. The van der Waals surface area contributed by atoms with Crippen molar-refractivity contribution in [1.82, 2.24) is 0 Å². The van der Waals surface area contributed by atoms with Gasteiger partial charge in [0.15, 0.2) is 0 Å². The molecule has 134 valence electrons. The Morgan fingerprint density at radius 2 is 1.72 bits per heavy atom. The molecular formula is C15H12ClF3N2O4. The van der Waals surface area contributed by atoms with E-state index in [2.05, 4.69) is 5.32 Å². The number of hydrogen-bond acceptors (Lipinski definition) is 5. The Morgan fingerprint density at radius 1 is 1.08 bits per heavy atom. The number of benzene rings is 2. The molecule has 0 aliphatic carbocycles. The largest absolute Gasteiger partial charge is 0.495 e. The summed E-state index contributed by atoms with van der Waals surface area (Å²) in [5, 5.41) is 14.1. The third-order valence-corrected chi connectivity index (χ3v) is 3.56. The number of methoxy groups -OCH3 is 2. The normalized spacial score (nSPS) is 11.1. The van der Waals surface area contributed by atoms with E-state index >= 15 is 0 Å². The first-order valence-electron chi connectivity index (χ1n) is 6.71. The third kappa shape index (κ3) is 4.05. The number of nitro groups is 1. The molecule has 0 saturated heterocycles. The number of nitro benzene ring substituents is 1. The van der Waals surface area contributed by atoms with Crippen LogP contribution in [0.3, 0.4) is 0 Å². The average Bonchev–Trinajstić information content (AvgIpc) is 2.55. The smallest absolute Gasteiger partial charge is 0.416 e. The van der Waals surface area contributed by atoms with Gasteiger partial charge in [0.25, 0.3) is 5.69 Å². The number of anilines is 2. The van der Waals surface area contributed by atoms with Crippen LogP contribution in [0.4, 0.5) is 30.2 Å². The Labute approximate surface area is 145 Å². The standard InChI is InChI=1S/C15H12ClF3N2O4/c1-24-13-7-11(14(25-2)6-9(13)16)20-10-4-3-8(15(17,18)19)5-12(10)21(22)23/h3-7,20H,1-2H3. The lowest BCUT2D eigenvalue weighted by molar-refractivity contribution is -0.384. The minimum absolute atomic E-state index is 0.138. The molecular weight excluding hydrogens is 365 g/mol. The third-order valence-electron chi connectivity index (χ3n) is 3.27. The molecule has 0 fully saturated rings. The molecule has 0 atom stereocenters. The van der Waals surface area contributed by atoms with Gasteiger partial charge in [-0.3, -0.25) is 10.1 Å². The van der Waals surface area contributed by atoms with E-state index in [4.69, 9.17) is 21.1 Å². The zero-order chi connectivity index (χ0) is 18.8. The highest BCUT2D eigenvalue weighted by Crippen LogP contribution is 2.40. The molecule has 0 radical (unpaired) electrons. The fraction of sp³-hybridized carbons (Fsp3) is 0.200. The van der Waals surface area contributed by atoms with Crippen LogP contribution in [0.1, 0.15) is 5.56 Å². The first-order valence-corrected chi connectivity index (χ1v) is 7.09. The molecule has 0 aliphatic heterocycles. The summed E-state index contributed by atoms with van der Waals surface area (Å²) in [6.45, 7) is 0. The molecule has 10 heteroatoms. The second-order valence-electron chi connectivity index (χ2n) is 4.80. The molecule has 0 unspecified atom stereocenters. The van der Waals surface area contributed by atoms with Gasteiger partial charge in [-0.15, -0.1) is 0 Å². The second-order valence-corrected chi connectivity index (χ2v) is 5.21. The van der Waals surface area contributed by atoms with E-state index in [1.165, 1.54) is 26.4 Å². The van der Waals surface area contributed by atoms with E-state index in [-0.39, 0.29) is 27.9 Å². The van der Waals surface area contributed by atoms with Gasteiger partial charge in [0.05, 0.1) is 35.4 Å². The monoisotopic (exact) mass is 376 g/mol. The lowest BCUT2D eigenvalue weighted by Gasteiger charge is -2.15. The highest BCUT2D eigenvalue weighted by Gasteiger charge is 2.33. The van der Waals surface area contributed by atoms with Crippen molar-refractivity contribution < 1.29 is 27.6 Å². The summed E-state index contributed by atoms with van der Waals surface area (Å²) in [6.07, 6.45) is -4.69. The average molecular weight is 377 g/mol.